The molecule has 4 N–H and O–H groups in total. The minimum absolute atomic E-state index is 0.0710. The average molecular weight is 329 g/mol. The molecular formula is C11H11N3O7S. The highest BCUT2D eigenvalue weighted by atomic mass is 32.3. The molecule has 3 rings (SSSR count). The lowest BCUT2D eigenvalue weighted by atomic mass is 9.90. The molecule has 0 aromatic heterocycles. The molecule has 1 fully saturated rings. The molecule has 2 heterocycles. The molecule has 2 atom stereocenters. The molecule has 1 aromatic rings. The van der Waals surface area contributed by atoms with E-state index in [0.717, 1.165) is 4.90 Å². The van der Waals surface area contributed by atoms with Gasteiger partial charge in [-0.25, -0.2) is 4.79 Å². The van der Waals surface area contributed by atoms with E-state index in [9.17, 15) is 23.1 Å². The lowest BCUT2D eigenvalue weighted by molar-refractivity contribution is -0.122. The molecule has 2 bridgehead atoms. The summed E-state index contributed by atoms with van der Waals surface area (Å²) >= 11 is 0. The van der Waals surface area contributed by atoms with E-state index in [1.165, 1.54) is 18.2 Å². The third-order valence-electron chi connectivity index (χ3n) is 3.57. The number of hydrogen-bond donors (Lipinski definition) is 3. The SMILES string of the molecule is NC(=O)C1c2ccc(O)cc2[C@H]2CN1C(=O)N2OS(=O)(=O)O. The maximum Gasteiger partial charge on any atom is 0.418 e. The number of hydrogen-bond acceptors (Lipinski definition) is 6. The number of nitrogens with two attached hydrogens (primary N) is 1. The molecule has 2 aliphatic heterocycles. The molecule has 11 heteroatoms. The number of benzene rings is 1. The van der Waals surface area contributed by atoms with E-state index in [1.807, 2.05) is 0 Å². The first kappa shape index (κ1) is 14.6. The summed E-state index contributed by atoms with van der Waals surface area (Å²) in [5.41, 5.74) is 5.99. The van der Waals surface area contributed by atoms with Crippen molar-refractivity contribution >= 4 is 22.3 Å². The Balaban J connectivity index is 2.14. The quantitative estimate of drug-likeness (QED) is 0.629. The Hall–Kier alpha value is -2.37. The zero-order valence-corrected chi connectivity index (χ0v) is 11.7. The van der Waals surface area contributed by atoms with Crippen molar-refractivity contribution in [2.75, 3.05) is 6.54 Å². The van der Waals surface area contributed by atoms with Crippen LogP contribution in [0.2, 0.25) is 0 Å². The number of carbonyl (C=O) groups is 2. The second-order valence-corrected chi connectivity index (χ2v) is 5.90. The van der Waals surface area contributed by atoms with Gasteiger partial charge >= 0.3 is 16.4 Å². The summed E-state index contributed by atoms with van der Waals surface area (Å²) in [6.07, 6.45) is 0. The molecule has 0 saturated carbocycles. The van der Waals surface area contributed by atoms with Crippen molar-refractivity contribution in [3.63, 3.8) is 0 Å². The van der Waals surface area contributed by atoms with Gasteiger partial charge in [0.2, 0.25) is 5.91 Å². The summed E-state index contributed by atoms with van der Waals surface area (Å²) in [6.45, 7) is -0.0710. The fourth-order valence-electron chi connectivity index (χ4n) is 2.80. The van der Waals surface area contributed by atoms with E-state index in [-0.39, 0.29) is 12.3 Å². The number of nitrogens with zero attached hydrogens (tertiary/aromatic N) is 2. The number of fused-ring (bicyclic) bond motifs is 4. The van der Waals surface area contributed by atoms with Crippen LogP contribution in [0.4, 0.5) is 4.79 Å². The van der Waals surface area contributed by atoms with Gasteiger partial charge in [0, 0.05) is 0 Å². The summed E-state index contributed by atoms with van der Waals surface area (Å²) in [7, 11) is -4.93. The molecular weight excluding hydrogens is 318 g/mol. The lowest BCUT2D eigenvalue weighted by Gasteiger charge is -2.30. The Bertz CT molecular complexity index is 778. The van der Waals surface area contributed by atoms with Gasteiger partial charge in [0.1, 0.15) is 17.8 Å². The average Bonchev–Trinajstić information content (AvgIpc) is 2.65. The molecule has 0 radical (unpaired) electrons. The number of primary amides is 1. The molecule has 118 valence electrons. The Morgan fingerprint density at radius 1 is 1.36 bits per heavy atom. The van der Waals surface area contributed by atoms with Gasteiger partial charge in [0.15, 0.2) is 0 Å². The van der Waals surface area contributed by atoms with Crippen LogP contribution in [0.3, 0.4) is 0 Å². The second-order valence-electron chi connectivity index (χ2n) is 4.90. The smallest absolute Gasteiger partial charge is 0.418 e. The summed E-state index contributed by atoms with van der Waals surface area (Å²) in [5.74, 6) is -0.950. The Kier molecular flexibility index (Phi) is 3.02. The summed E-state index contributed by atoms with van der Waals surface area (Å²) in [5, 5.41) is 10.0. The Morgan fingerprint density at radius 3 is 2.64 bits per heavy atom. The van der Waals surface area contributed by atoms with E-state index in [0.29, 0.717) is 16.2 Å². The number of carbonyl (C=O) groups excluding carboxylic acids is 2. The third kappa shape index (κ3) is 2.15. The molecule has 2 aliphatic rings. The van der Waals surface area contributed by atoms with Crippen LogP contribution in [0.5, 0.6) is 5.75 Å². The normalized spacial score (nSPS) is 23.6. The second kappa shape index (κ2) is 4.56. The Morgan fingerprint density at radius 2 is 2.05 bits per heavy atom. The van der Waals surface area contributed by atoms with Crippen molar-refractivity contribution in [1.29, 1.82) is 0 Å². The molecule has 22 heavy (non-hydrogen) atoms. The first-order chi connectivity index (χ1) is 10.2. The maximum atomic E-state index is 12.2. The molecule has 1 saturated heterocycles. The predicted octanol–water partition coefficient (Wildman–Crippen LogP) is -0.555. The van der Waals surface area contributed by atoms with Gasteiger partial charge in [-0.1, -0.05) is 6.07 Å². The van der Waals surface area contributed by atoms with Gasteiger partial charge in [0.25, 0.3) is 0 Å². The first-order valence-corrected chi connectivity index (χ1v) is 7.44. The molecule has 0 spiro atoms. The minimum atomic E-state index is -4.93. The number of amides is 3. The summed E-state index contributed by atoms with van der Waals surface area (Å²) in [6, 6.07) is 1.07. The van der Waals surface area contributed by atoms with Crippen molar-refractivity contribution in [3.05, 3.63) is 29.3 Å². The predicted molar refractivity (Wildman–Crippen MR) is 69.4 cm³/mol. The van der Waals surface area contributed by atoms with Crippen molar-refractivity contribution in [3.8, 4) is 5.75 Å². The fraction of sp³-hybridized carbons (Fsp3) is 0.273. The van der Waals surface area contributed by atoms with Crippen molar-refractivity contribution in [2.45, 2.75) is 12.1 Å². The van der Waals surface area contributed by atoms with Crippen LogP contribution in [0.25, 0.3) is 0 Å². The van der Waals surface area contributed by atoms with E-state index >= 15 is 0 Å². The van der Waals surface area contributed by atoms with Crippen LogP contribution in [-0.2, 0) is 19.5 Å². The number of hydroxylamine groups is 2. The van der Waals surface area contributed by atoms with E-state index < -0.39 is 34.4 Å². The van der Waals surface area contributed by atoms with Crippen LogP contribution >= 0.6 is 0 Å². The topological polar surface area (TPSA) is 150 Å². The molecule has 10 nitrogen and oxygen atoms in total. The monoisotopic (exact) mass is 329 g/mol. The number of phenols is 1. The van der Waals surface area contributed by atoms with Gasteiger partial charge in [-0.15, -0.1) is 4.28 Å². The zero-order chi connectivity index (χ0) is 16.2. The lowest BCUT2D eigenvalue weighted by Crippen LogP contribution is -2.41. The largest absolute Gasteiger partial charge is 0.508 e. The van der Waals surface area contributed by atoms with Gasteiger partial charge in [-0.2, -0.15) is 13.5 Å². The van der Waals surface area contributed by atoms with Gasteiger partial charge in [-0.05, 0) is 23.3 Å². The van der Waals surface area contributed by atoms with Crippen LogP contribution in [0.15, 0.2) is 18.2 Å². The third-order valence-corrected chi connectivity index (χ3v) is 3.92. The van der Waals surface area contributed by atoms with Crippen LogP contribution in [0.1, 0.15) is 23.2 Å². The maximum absolute atomic E-state index is 12.2. The van der Waals surface area contributed by atoms with Crippen molar-refractivity contribution in [2.24, 2.45) is 5.73 Å². The van der Waals surface area contributed by atoms with Gasteiger partial charge in [-0.3, -0.25) is 9.35 Å². The molecule has 1 unspecified atom stereocenters. The Labute approximate surface area is 124 Å². The molecule has 1 aromatic carbocycles. The highest BCUT2D eigenvalue weighted by Crippen LogP contribution is 2.44. The molecule has 0 aliphatic carbocycles. The minimum Gasteiger partial charge on any atom is -0.508 e. The standard InChI is InChI=1S/C11H11N3O7S/c12-10(16)9-6-2-1-5(15)3-7(6)8-4-13(9)11(17)14(8)21-22(18,19)20/h1-3,8-9,15H,4H2,(H2,12,16)(H,18,19,20)/t8-,9?/m1/s1. The van der Waals surface area contributed by atoms with Crippen LogP contribution < -0.4 is 5.73 Å². The van der Waals surface area contributed by atoms with Gasteiger partial charge < -0.3 is 15.7 Å². The van der Waals surface area contributed by atoms with Crippen LogP contribution in [0, 0.1) is 0 Å². The number of rotatable bonds is 3. The fourth-order valence-corrected chi connectivity index (χ4v) is 3.17. The zero-order valence-electron chi connectivity index (χ0n) is 10.9. The van der Waals surface area contributed by atoms with Crippen molar-refractivity contribution < 1.29 is 31.9 Å². The van der Waals surface area contributed by atoms with E-state index in [2.05, 4.69) is 4.28 Å². The van der Waals surface area contributed by atoms with Crippen LogP contribution in [-0.4, -0.2) is 46.5 Å². The van der Waals surface area contributed by atoms with E-state index in [1.54, 1.807) is 0 Å². The highest BCUT2D eigenvalue weighted by Gasteiger charge is 2.51. The van der Waals surface area contributed by atoms with E-state index in [4.69, 9.17) is 10.3 Å². The van der Waals surface area contributed by atoms with Crippen molar-refractivity contribution in [1.82, 2.24) is 9.96 Å². The number of phenolic OH excluding ortho intramolecular Hbond substituents is 1. The highest BCUT2D eigenvalue weighted by molar-refractivity contribution is 7.80. The first-order valence-electron chi connectivity index (χ1n) is 6.08. The summed E-state index contributed by atoms with van der Waals surface area (Å²) in [4.78, 5) is 24.9. The number of aromatic hydroxyl groups is 1. The molecule has 3 amide bonds. The van der Waals surface area contributed by atoms with Gasteiger partial charge in [0.05, 0.1) is 6.54 Å². The number of urea groups is 1. The summed E-state index contributed by atoms with van der Waals surface area (Å²) < 4.78 is 34.9.